The zero-order valence-corrected chi connectivity index (χ0v) is 10.2. The fourth-order valence-electron chi connectivity index (χ4n) is 2.02. The molecule has 0 aliphatic carbocycles. The van der Waals surface area contributed by atoms with Gasteiger partial charge in [0.25, 0.3) is 0 Å². The minimum Gasteiger partial charge on any atom is -0.330 e. The molecule has 1 heteroatoms. The van der Waals surface area contributed by atoms with Crippen LogP contribution in [0, 0.1) is 0 Å². The van der Waals surface area contributed by atoms with Crippen molar-refractivity contribution in [3.63, 3.8) is 0 Å². The summed E-state index contributed by atoms with van der Waals surface area (Å²) in [6.07, 6.45) is 2.44. The van der Waals surface area contributed by atoms with Crippen molar-refractivity contribution in [3.8, 4) is 0 Å². The van der Waals surface area contributed by atoms with E-state index in [2.05, 4.69) is 45.0 Å². The van der Waals surface area contributed by atoms with Crippen molar-refractivity contribution in [2.75, 3.05) is 6.54 Å². The second-order valence-corrected chi connectivity index (χ2v) is 4.32. The van der Waals surface area contributed by atoms with Crippen molar-refractivity contribution in [1.82, 2.24) is 0 Å². The first kappa shape index (κ1) is 12.3. The Labute approximate surface area is 93.7 Å². The Bertz CT molecular complexity index is 289. The minimum absolute atomic E-state index is 0.472. The third kappa shape index (κ3) is 3.07. The smallest absolute Gasteiger partial charge is 0.00109 e. The Morgan fingerprint density at radius 2 is 1.73 bits per heavy atom. The summed E-state index contributed by atoms with van der Waals surface area (Å²) in [5, 5.41) is 0. The molecular weight excluding hydrogens is 182 g/mol. The van der Waals surface area contributed by atoms with Crippen molar-refractivity contribution in [2.45, 2.75) is 45.4 Å². The van der Waals surface area contributed by atoms with Gasteiger partial charge in [0.1, 0.15) is 0 Å². The molecule has 0 fully saturated rings. The number of rotatable bonds is 5. The van der Waals surface area contributed by atoms with Crippen LogP contribution >= 0.6 is 0 Å². The van der Waals surface area contributed by atoms with Crippen LogP contribution in [0.15, 0.2) is 24.3 Å². The van der Waals surface area contributed by atoms with Crippen molar-refractivity contribution in [2.24, 2.45) is 5.73 Å². The van der Waals surface area contributed by atoms with E-state index in [4.69, 9.17) is 5.73 Å². The molecule has 84 valence electrons. The molecule has 1 aromatic carbocycles. The molecule has 1 nitrogen and oxygen atoms in total. The van der Waals surface area contributed by atoms with Crippen LogP contribution < -0.4 is 5.73 Å². The van der Waals surface area contributed by atoms with Gasteiger partial charge in [-0.15, -0.1) is 0 Å². The van der Waals surface area contributed by atoms with Crippen molar-refractivity contribution in [1.29, 1.82) is 0 Å². The number of nitrogens with two attached hydrogens (primary N) is 1. The van der Waals surface area contributed by atoms with E-state index in [0.29, 0.717) is 11.8 Å². The Morgan fingerprint density at radius 3 is 2.27 bits per heavy atom. The van der Waals surface area contributed by atoms with Crippen LogP contribution in [0.4, 0.5) is 0 Å². The molecule has 0 aliphatic heterocycles. The highest BCUT2D eigenvalue weighted by molar-refractivity contribution is 5.28. The Kier molecular flexibility index (Phi) is 4.83. The van der Waals surface area contributed by atoms with E-state index in [-0.39, 0.29) is 0 Å². The maximum absolute atomic E-state index is 5.70. The third-order valence-electron chi connectivity index (χ3n) is 3.29. The van der Waals surface area contributed by atoms with Gasteiger partial charge in [-0.05, 0) is 42.3 Å². The normalized spacial score (nSPS) is 13.1. The van der Waals surface area contributed by atoms with E-state index in [9.17, 15) is 0 Å². The summed E-state index contributed by atoms with van der Waals surface area (Å²) in [7, 11) is 0. The molecule has 0 amide bonds. The first-order chi connectivity index (χ1) is 7.22. The molecule has 0 heterocycles. The van der Waals surface area contributed by atoms with Gasteiger partial charge in [-0.1, -0.05) is 45.0 Å². The Balaban J connectivity index is 2.91. The molecule has 1 unspecified atom stereocenters. The fourth-order valence-corrected chi connectivity index (χ4v) is 2.02. The summed E-state index contributed by atoms with van der Waals surface area (Å²) in [5.74, 6) is 1.18. The molecule has 1 atom stereocenters. The van der Waals surface area contributed by atoms with Gasteiger partial charge in [0.2, 0.25) is 0 Å². The van der Waals surface area contributed by atoms with Gasteiger partial charge in [0.05, 0.1) is 0 Å². The second kappa shape index (κ2) is 5.92. The average Bonchev–Trinajstić information content (AvgIpc) is 2.30. The highest BCUT2D eigenvalue weighted by Gasteiger charge is 2.09. The number of benzene rings is 1. The average molecular weight is 205 g/mol. The third-order valence-corrected chi connectivity index (χ3v) is 3.29. The molecule has 0 radical (unpaired) electrons. The molecule has 0 aliphatic rings. The largest absolute Gasteiger partial charge is 0.330 e. The maximum atomic E-state index is 5.70. The van der Waals surface area contributed by atoms with Crippen LogP contribution in [-0.4, -0.2) is 6.54 Å². The monoisotopic (exact) mass is 205 g/mol. The molecule has 0 saturated carbocycles. The van der Waals surface area contributed by atoms with E-state index in [1.807, 2.05) is 0 Å². The second-order valence-electron chi connectivity index (χ2n) is 4.32. The number of hydrogen-bond acceptors (Lipinski definition) is 1. The fraction of sp³-hybridized carbons (Fsp3) is 0.571. The summed E-state index contributed by atoms with van der Waals surface area (Å²) in [4.78, 5) is 0. The van der Waals surface area contributed by atoms with Crippen molar-refractivity contribution in [3.05, 3.63) is 35.4 Å². The molecular formula is C14H23N. The lowest BCUT2D eigenvalue weighted by Crippen LogP contribution is -2.09. The van der Waals surface area contributed by atoms with Gasteiger partial charge >= 0.3 is 0 Å². The van der Waals surface area contributed by atoms with Crippen LogP contribution in [0.5, 0.6) is 0 Å². The van der Waals surface area contributed by atoms with E-state index in [1.165, 1.54) is 24.0 Å². The Morgan fingerprint density at radius 1 is 1.13 bits per heavy atom. The van der Waals surface area contributed by atoms with Gasteiger partial charge in [0.15, 0.2) is 0 Å². The van der Waals surface area contributed by atoms with Gasteiger partial charge in [-0.3, -0.25) is 0 Å². The topological polar surface area (TPSA) is 26.0 Å². The summed E-state index contributed by atoms with van der Waals surface area (Å²) in [6, 6.07) is 8.91. The van der Waals surface area contributed by atoms with Crippen LogP contribution in [0.2, 0.25) is 0 Å². The van der Waals surface area contributed by atoms with E-state index in [0.717, 1.165) is 6.54 Å². The molecule has 1 aromatic rings. The lowest BCUT2D eigenvalue weighted by molar-refractivity contribution is 0.639. The molecule has 2 N–H and O–H groups in total. The lowest BCUT2D eigenvalue weighted by Gasteiger charge is -2.16. The molecule has 15 heavy (non-hydrogen) atoms. The highest BCUT2D eigenvalue weighted by Crippen LogP contribution is 2.25. The minimum atomic E-state index is 0.472. The lowest BCUT2D eigenvalue weighted by atomic mass is 9.90. The first-order valence-corrected chi connectivity index (χ1v) is 6.02. The molecule has 0 saturated heterocycles. The maximum Gasteiger partial charge on any atom is -0.00109 e. The Hall–Kier alpha value is -0.820. The molecule has 0 bridgehead atoms. The van der Waals surface area contributed by atoms with Crippen LogP contribution in [0.1, 0.15) is 56.6 Å². The summed E-state index contributed by atoms with van der Waals surface area (Å²) < 4.78 is 0. The zero-order chi connectivity index (χ0) is 11.3. The van der Waals surface area contributed by atoms with Gasteiger partial charge in [-0.2, -0.15) is 0 Å². The van der Waals surface area contributed by atoms with Crippen LogP contribution in [0.25, 0.3) is 0 Å². The highest BCUT2D eigenvalue weighted by atomic mass is 14.5. The first-order valence-electron chi connectivity index (χ1n) is 6.02. The van der Waals surface area contributed by atoms with Crippen LogP contribution in [0.3, 0.4) is 0 Å². The number of hydrogen-bond donors (Lipinski definition) is 1. The van der Waals surface area contributed by atoms with Crippen molar-refractivity contribution >= 4 is 0 Å². The molecule has 1 rings (SSSR count). The quantitative estimate of drug-likeness (QED) is 0.780. The summed E-state index contributed by atoms with van der Waals surface area (Å²) >= 11 is 0. The predicted molar refractivity (Wildman–Crippen MR) is 67.2 cm³/mol. The van der Waals surface area contributed by atoms with Gasteiger partial charge in [-0.25, -0.2) is 0 Å². The molecule has 0 spiro atoms. The van der Waals surface area contributed by atoms with E-state index >= 15 is 0 Å². The van der Waals surface area contributed by atoms with Gasteiger partial charge in [0, 0.05) is 0 Å². The van der Waals surface area contributed by atoms with Gasteiger partial charge < -0.3 is 5.73 Å². The summed E-state index contributed by atoms with van der Waals surface area (Å²) in [5.41, 5.74) is 8.54. The standard InChI is InChI=1S/C14H23N/c1-4-12(5-2)14-8-6-7-13(9-14)11(3)10-15/h6-9,11-12H,4-5,10,15H2,1-3H3. The van der Waals surface area contributed by atoms with Crippen molar-refractivity contribution < 1.29 is 0 Å². The molecule has 0 aromatic heterocycles. The van der Waals surface area contributed by atoms with E-state index in [1.54, 1.807) is 0 Å². The summed E-state index contributed by atoms with van der Waals surface area (Å²) in [6.45, 7) is 7.43. The zero-order valence-electron chi connectivity index (χ0n) is 10.2. The van der Waals surface area contributed by atoms with E-state index < -0.39 is 0 Å². The van der Waals surface area contributed by atoms with Crippen LogP contribution in [-0.2, 0) is 0 Å². The predicted octanol–water partition coefficient (Wildman–Crippen LogP) is 3.65. The SMILES string of the molecule is CCC(CC)c1cccc(C(C)CN)c1.